The molecule has 1 atom stereocenters. The van der Waals surface area contributed by atoms with Crippen LogP contribution in [0.25, 0.3) is 0 Å². The van der Waals surface area contributed by atoms with Crippen molar-refractivity contribution in [2.45, 2.75) is 57.1 Å². The molecule has 0 N–H and O–H groups in total. The van der Waals surface area contributed by atoms with Crippen LogP contribution in [0.1, 0.15) is 45.4 Å². The van der Waals surface area contributed by atoms with E-state index >= 15 is 0 Å². The summed E-state index contributed by atoms with van der Waals surface area (Å²) in [6.45, 7) is 7.07. The molecule has 2 aliphatic heterocycles. The van der Waals surface area contributed by atoms with E-state index in [1.807, 2.05) is 0 Å². The minimum absolute atomic E-state index is 0.0666. The summed E-state index contributed by atoms with van der Waals surface area (Å²) in [7, 11) is 0. The lowest BCUT2D eigenvalue weighted by molar-refractivity contribution is -0.187. The predicted molar refractivity (Wildman–Crippen MR) is 81.0 cm³/mol. The molecule has 1 amide bonds. The van der Waals surface area contributed by atoms with E-state index in [-0.39, 0.29) is 17.6 Å². The first kappa shape index (κ1) is 14.0. The molecule has 1 spiro atoms. The zero-order chi connectivity index (χ0) is 14.4. The maximum absolute atomic E-state index is 12.2. The molecule has 4 aliphatic rings. The van der Waals surface area contributed by atoms with Crippen molar-refractivity contribution < 1.29 is 9.53 Å². The number of nitrogens with zero attached hydrogens (tertiary/aromatic N) is 2. The van der Waals surface area contributed by atoms with Gasteiger partial charge in [-0.1, -0.05) is 0 Å². The lowest BCUT2D eigenvalue weighted by Gasteiger charge is -2.51. The largest absolute Gasteiger partial charge is 0.363 e. The van der Waals surface area contributed by atoms with Crippen LogP contribution < -0.4 is 0 Å². The molecule has 0 unspecified atom stereocenters. The van der Waals surface area contributed by atoms with Crippen LogP contribution in [0.5, 0.6) is 0 Å². The van der Waals surface area contributed by atoms with E-state index in [2.05, 4.69) is 16.7 Å². The third-order valence-electron chi connectivity index (χ3n) is 6.10. The third-order valence-corrected chi connectivity index (χ3v) is 6.10. The summed E-state index contributed by atoms with van der Waals surface area (Å²) in [6.07, 6.45) is 7.65. The molecule has 2 aliphatic carbocycles. The van der Waals surface area contributed by atoms with Crippen LogP contribution in [-0.4, -0.2) is 60.1 Å². The molecule has 2 saturated carbocycles. The van der Waals surface area contributed by atoms with Gasteiger partial charge >= 0.3 is 0 Å². The van der Waals surface area contributed by atoms with E-state index in [4.69, 9.17) is 4.74 Å². The summed E-state index contributed by atoms with van der Waals surface area (Å²) in [5.74, 6) is 1.94. The quantitative estimate of drug-likeness (QED) is 0.793. The van der Waals surface area contributed by atoms with Gasteiger partial charge in [-0.15, -0.1) is 0 Å². The second kappa shape index (κ2) is 5.24. The Balaban J connectivity index is 1.40. The normalized spacial score (nSPS) is 33.7. The number of piperidine rings is 1. The molecule has 21 heavy (non-hydrogen) atoms. The maximum Gasteiger partial charge on any atom is 0.248 e. The smallest absolute Gasteiger partial charge is 0.248 e. The Hall–Kier alpha value is -0.610. The summed E-state index contributed by atoms with van der Waals surface area (Å²) in [5.41, 5.74) is -0.0666. The molecular weight excluding hydrogens is 264 g/mol. The van der Waals surface area contributed by atoms with Crippen LogP contribution in [-0.2, 0) is 9.53 Å². The van der Waals surface area contributed by atoms with E-state index in [0.717, 1.165) is 44.3 Å². The molecule has 0 bridgehead atoms. The van der Waals surface area contributed by atoms with Gasteiger partial charge < -0.3 is 14.5 Å². The first-order valence-electron chi connectivity index (χ1n) is 8.82. The summed E-state index contributed by atoms with van der Waals surface area (Å²) >= 11 is 0. The zero-order valence-corrected chi connectivity index (χ0v) is 13.2. The fourth-order valence-electron chi connectivity index (χ4n) is 4.09. The van der Waals surface area contributed by atoms with Crippen molar-refractivity contribution in [3.63, 3.8) is 0 Å². The molecule has 2 saturated heterocycles. The first-order chi connectivity index (χ1) is 10.2. The summed E-state index contributed by atoms with van der Waals surface area (Å²) in [5, 5.41) is 0. The SMILES string of the molecule is C[C@H]1N(CC2CC2)C(=O)COC12CCN(CC1CC1)CC2. The number of rotatable bonds is 4. The van der Waals surface area contributed by atoms with Gasteiger partial charge in [0.15, 0.2) is 0 Å². The molecule has 0 aromatic heterocycles. The fraction of sp³-hybridized carbons (Fsp3) is 0.941. The Morgan fingerprint density at radius 3 is 2.33 bits per heavy atom. The summed E-state index contributed by atoms with van der Waals surface area (Å²) in [4.78, 5) is 17.0. The van der Waals surface area contributed by atoms with E-state index in [9.17, 15) is 4.79 Å². The van der Waals surface area contributed by atoms with E-state index < -0.39 is 0 Å². The van der Waals surface area contributed by atoms with Crippen molar-refractivity contribution in [3.05, 3.63) is 0 Å². The van der Waals surface area contributed by atoms with Crippen LogP contribution in [0.3, 0.4) is 0 Å². The molecule has 118 valence electrons. The van der Waals surface area contributed by atoms with Crippen molar-refractivity contribution in [1.29, 1.82) is 0 Å². The molecule has 4 heteroatoms. The molecular formula is C17H28N2O2. The zero-order valence-electron chi connectivity index (χ0n) is 13.2. The number of amides is 1. The van der Waals surface area contributed by atoms with Gasteiger partial charge in [0, 0.05) is 26.2 Å². The lowest BCUT2D eigenvalue weighted by Crippen LogP contribution is -2.64. The Morgan fingerprint density at radius 2 is 1.71 bits per heavy atom. The number of hydrogen-bond acceptors (Lipinski definition) is 3. The predicted octanol–water partition coefficient (Wildman–Crippen LogP) is 1.89. The van der Waals surface area contributed by atoms with Crippen LogP contribution in [0.4, 0.5) is 0 Å². The molecule has 4 fully saturated rings. The van der Waals surface area contributed by atoms with Gasteiger partial charge in [-0.2, -0.15) is 0 Å². The minimum Gasteiger partial charge on any atom is -0.363 e. The van der Waals surface area contributed by atoms with Crippen LogP contribution in [0.2, 0.25) is 0 Å². The first-order valence-corrected chi connectivity index (χ1v) is 8.82. The fourth-order valence-corrected chi connectivity index (χ4v) is 4.09. The topological polar surface area (TPSA) is 32.8 Å². The minimum atomic E-state index is -0.0666. The third kappa shape index (κ3) is 2.85. The highest BCUT2D eigenvalue weighted by Crippen LogP contribution is 2.39. The Kier molecular flexibility index (Phi) is 3.49. The monoisotopic (exact) mass is 292 g/mol. The molecule has 0 radical (unpaired) electrons. The number of likely N-dealkylation sites (tertiary alicyclic amines) is 1. The van der Waals surface area contributed by atoms with Crippen molar-refractivity contribution in [3.8, 4) is 0 Å². The standard InChI is InChI=1S/C17H28N2O2/c1-13-17(6-8-18(9-7-17)10-14-2-3-14)21-12-16(20)19(13)11-15-4-5-15/h13-15H,2-12H2,1H3/t13-/m1/s1. The number of morpholine rings is 1. The highest BCUT2D eigenvalue weighted by atomic mass is 16.5. The van der Waals surface area contributed by atoms with Gasteiger partial charge in [-0.05, 0) is 57.3 Å². The van der Waals surface area contributed by atoms with Crippen LogP contribution >= 0.6 is 0 Å². The van der Waals surface area contributed by atoms with E-state index in [1.54, 1.807) is 0 Å². The van der Waals surface area contributed by atoms with E-state index in [0.29, 0.717) is 6.61 Å². The van der Waals surface area contributed by atoms with Crippen LogP contribution in [0.15, 0.2) is 0 Å². The molecule has 4 nitrogen and oxygen atoms in total. The van der Waals surface area contributed by atoms with Gasteiger partial charge in [-0.25, -0.2) is 0 Å². The second-order valence-electron chi connectivity index (χ2n) is 7.76. The Bertz CT molecular complexity index is 409. The molecule has 0 aromatic rings. The molecule has 4 rings (SSSR count). The lowest BCUT2D eigenvalue weighted by atomic mass is 9.82. The van der Waals surface area contributed by atoms with Gasteiger partial charge in [0.1, 0.15) is 6.61 Å². The number of ether oxygens (including phenoxy) is 1. The van der Waals surface area contributed by atoms with Gasteiger partial charge in [0.25, 0.3) is 0 Å². The van der Waals surface area contributed by atoms with Crippen LogP contribution in [0, 0.1) is 11.8 Å². The Labute approximate surface area is 127 Å². The summed E-state index contributed by atoms with van der Waals surface area (Å²) in [6, 6.07) is 0.252. The Morgan fingerprint density at radius 1 is 1.10 bits per heavy atom. The molecule has 0 aromatic carbocycles. The highest BCUT2D eigenvalue weighted by Gasteiger charge is 2.48. The maximum atomic E-state index is 12.2. The number of carbonyl (C=O) groups is 1. The highest BCUT2D eigenvalue weighted by molar-refractivity contribution is 5.78. The van der Waals surface area contributed by atoms with E-state index in [1.165, 1.54) is 32.2 Å². The van der Waals surface area contributed by atoms with Crippen molar-refractivity contribution >= 4 is 5.91 Å². The molecule has 2 heterocycles. The van der Waals surface area contributed by atoms with Gasteiger partial charge in [0.2, 0.25) is 5.91 Å². The van der Waals surface area contributed by atoms with Crippen molar-refractivity contribution in [2.24, 2.45) is 11.8 Å². The van der Waals surface area contributed by atoms with Gasteiger partial charge in [-0.3, -0.25) is 4.79 Å². The van der Waals surface area contributed by atoms with Crippen molar-refractivity contribution in [1.82, 2.24) is 9.80 Å². The number of hydrogen-bond donors (Lipinski definition) is 0. The average Bonchev–Trinajstić information content (AvgIpc) is 3.37. The average molecular weight is 292 g/mol. The van der Waals surface area contributed by atoms with Crippen molar-refractivity contribution in [2.75, 3.05) is 32.8 Å². The van der Waals surface area contributed by atoms with Gasteiger partial charge in [0.05, 0.1) is 11.6 Å². The summed E-state index contributed by atoms with van der Waals surface area (Å²) < 4.78 is 6.11. The number of carbonyl (C=O) groups excluding carboxylic acids is 1. The second-order valence-corrected chi connectivity index (χ2v) is 7.76.